The lowest BCUT2D eigenvalue weighted by molar-refractivity contribution is 0.518. The van der Waals surface area contributed by atoms with Crippen LogP contribution >= 0.6 is 0 Å². The second-order valence-corrected chi connectivity index (χ2v) is 4.26. The third-order valence-corrected chi connectivity index (χ3v) is 2.81. The highest BCUT2D eigenvalue weighted by Crippen LogP contribution is 2.25. The van der Waals surface area contributed by atoms with Crippen molar-refractivity contribution in [1.29, 1.82) is 0 Å². The van der Waals surface area contributed by atoms with E-state index in [1.54, 1.807) is 12.5 Å². The van der Waals surface area contributed by atoms with Gasteiger partial charge in [-0.1, -0.05) is 6.07 Å². The van der Waals surface area contributed by atoms with Gasteiger partial charge in [-0.25, -0.2) is 15.0 Å². The molecule has 0 saturated heterocycles. The molecule has 0 aliphatic heterocycles. The second kappa shape index (κ2) is 5.91. The van der Waals surface area contributed by atoms with Crippen molar-refractivity contribution >= 4 is 23.1 Å². The standard InChI is InChI=1S/C14H14N6O/c15-12-13(17-8-10-4-3-7-21-10)18-9-19-14(12)20-11-5-1-2-6-16-11/h1-7,9H,8,15H2,(H2,16,17,18,19,20). The normalized spacial score (nSPS) is 10.3. The average Bonchev–Trinajstić information content (AvgIpc) is 3.03. The van der Waals surface area contributed by atoms with Crippen molar-refractivity contribution in [1.82, 2.24) is 15.0 Å². The van der Waals surface area contributed by atoms with E-state index in [0.29, 0.717) is 29.7 Å². The Labute approximate surface area is 121 Å². The van der Waals surface area contributed by atoms with E-state index in [1.165, 1.54) is 6.33 Å². The van der Waals surface area contributed by atoms with Crippen LogP contribution in [0, 0.1) is 0 Å². The van der Waals surface area contributed by atoms with Crippen molar-refractivity contribution in [3.63, 3.8) is 0 Å². The zero-order valence-electron chi connectivity index (χ0n) is 11.2. The topological polar surface area (TPSA) is 102 Å². The average molecular weight is 282 g/mol. The monoisotopic (exact) mass is 282 g/mol. The number of anilines is 4. The summed E-state index contributed by atoms with van der Waals surface area (Å²) >= 11 is 0. The van der Waals surface area contributed by atoms with E-state index < -0.39 is 0 Å². The van der Waals surface area contributed by atoms with Crippen molar-refractivity contribution in [2.75, 3.05) is 16.4 Å². The molecule has 0 saturated carbocycles. The zero-order valence-corrected chi connectivity index (χ0v) is 11.2. The lowest BCUT2D eigenvalue weighted by atomic mass is 10.4. The van der Waals surface area contributed by atoms with Crippen molar-refractivity contribution in [2.45, 2.75) is 6.54 Å². The van der Waals surface area contributed by atoms with Crippen molar-refractivity contribution in [2.24, 2.45) is 0 Å². The fraction of sp³-hybridized carbons (Fsp3) is 0.0714. The number of pyridine rings is 1. The van der Waals surface area contributed by atoms with Gasteiger partial charge in [0, 0.05) is 6.20 Å². The predicted octanol–water partition coefficient (Wildman–Crippen LogP) is 2.40. The van der Waals surface area contributed by atoms with Crippen LogP contribution in [0.1, 0.15) is 5.76 Å². The fourth-order valence-corrected chi connectivity index (χ4v) is 1.78. The van der Waals surface area contributed by atoms with Gasteiger partial charge in [-0.05, 0) is 24.3 Å². The summed E-state index contributed by atoms with van der Waals surface area (Å²) in [5.74, 6) is 2.51. The number of hydrogen-bond donors (Lipinski definition) is 3. The number of nitrogens with two attached hydrogens (primary N) is 1. The van der Waals surface area contributed by atoms with Crippen LogP contribution in [0.3, 0.4) is 0 Å². The molecule has 3 aromatic heterocycles. The summed E-state index contributed by atoms with van der Waals surface area (Å²) in [5, 5.41) is 6.17. The molecule has 0 spiro atoms. The molecule has 3 rings (SSSR count). The maximum atomic E-state index is 6.06. The summed E-state index contributed by atoms with van der Waals surface area (Å²) in [4.78, 5) is 12.4. The van der Waals surface area contributed by atoms with Gasteiger partial charge in [0.05, 0.1) is 12.8 Å². The summed E-state index contributed by atoms with van der Waals surface area (Å²) in [5.41, 5.74) is 6.49. The Morgan fingerprint density at radius 3 is 2.71 bits per heavy atom. The summed E-state index contributed by atoms with van der Waals surface area (Å²) in [7, 11) is 0. The Kier molecular flexibility index (Phi) is 3.64. The molecular weight excluding hydrogens is 268 g/mol. The highest BCUT2D eigenvalue weighted by Gasteiger charge is 2.09. The molecule has 106 valence electrons. The quantitative estimate of drug-likeness (QED) is 0.660. The third-order valence-electron chi connectivity index (χ3n) is 2.81. The summed E-state index contributed by atoms with van der Waals surface area (Å²) in [6.45, 7) is 0.497. The lowest BCUT2D eigenvalue weighted by Crippen LogP contribution is -2.08. The van der Waals surface area contributed by atoms with E-state index >= 15 is 0 Å². The largest absolute Gasteiger partial charge is 0.467 e. The van der Waals surface area contributed by atoms with Gasteiger partial charge in [0.2, 0.25) is 0 Å². The van der Waals surface area contributed by atoms with Crippen LogP contribution in [0.15, 0.2) is 53.5 Å². The molecule has 0 unspecified atom stereocenters. The van der Waals surface area contributed by atoms with Crippen LogP contribution in [0.2, 0.25) is 0 Å². The van der Waals surface area contributed by atoms with E-state index in [-0.39, 0.29) is 0 Å². The van der Waals surface area contributed by atoms with Gasteiger partial charge in [-0.3, -0.25) is 0 Å². The van der Waals surface area contributed by atoms with Gasteiger partial charge in [-0.15, -0.1) is 0 Å². The molecule has 3 heterocycles. The van der Waals surface area contributed by atoms with E-state index in [4.69, 9.17) is 10.2 Å². The number of nitrogens with zero attached hydrogens (tertiary/aromatic N) is 3. The Morgan fingerprint density at radius 2 is 1.95 bits per heavy atom. The van der Waals surface area contributed by atoms with Gasteiger partial charge in [0.1, 0.15) is 23.6 Å². The molecule has 0 amide bonds. The van der Waals surface area contributed by atoms with E-state index in [2.05, 4.69) is 25.6 Å². The Morgan fingerprint density at radius 1 is 1.05 bits per heavy atom. The molecule has 0 aliphatic rings. The van der Waals surface area contributed by atoms with E-state index in [0.717, 1.165) is 5.76 Å². The molecule has 21 heavy (non-hydrogen) atoms. The second-order valence-electron chi connectivity index (χ2n) is 4.26. The highest BCUT2D eigenvalue weighted by atomic mass is 16.3. The van der Waals surface area contributed by atoms with Gasteiger partial charge in [0.25, 0.3) is 0 Å². The molecule has 0 aromatic carbocycles. The number of aromatic nitrogens is 3. The SMILES string of the molecule is Nc1c(NCc2ccco2)ncnc1Nc1ccccn1. The minimum absolute atomic E-state index is 0.426. The minimum Gasteiger partial charge on any atom is -0.467 e. The predicted molar refractivity (Wildman–Crippen MR) is 80.0 cm³/mol. The van der Waals surface area contributed by atoms with Crippen LogP contribution < -0.4 is 16.4 Å². The molecule has 3 aromatic rings. The molecular formula is C14H14N6O. The molecule has 0 fully saturated rings. The van der Waals surface area contributed by atoms with Crippen LogP contribution in [0.25, 0.3) is 0 Å². The summed E-state index contributed by atoms with van der Waals surface area (Å²) < 4.78 is 5.25. The van der Waals surface area contributed by atoms with E-state index in [9.17, 15) is 0 Å². The fourth-order valence-electron chi connectivity index (χ4n) is 1.78. The molecule has 0 aliphatic carbocycles. The summed E-state index contributed by atoms with van der Waals surface area (Å²) in [6.07, 6.45) is 4.75. The Balaban J connectivity index is 1.75. The van der Waals surface area contributed by atoms with Crippen LogP contribution in [0.5, 0.6) is 0 Å². The van der Waals surface area contributed by atoms with Crippen LogP contribution in [-0.2, 0) is 6.54 Å². The smallest absolute Gasteiger partial charge is 0.160 e. The van der Waals surface area contributed by atoms with E-state index in [1.807, 2.05) is 30.3 Å². The highest BCUT2D eigenvalue weighted by molar-refractivity contribution is 5.76. The first-order chi connectivity index (χ1) is 10.3. The Hall–Kier alpha value is -3.09. The minimum atomic E-state index is 0.426. The molecule has 0 radical (unpaired) electrons. The van der Waals surface area contributed by atoms with Crippen LogP contribution in [0.4, 0.5) is 23.1 Å². The zero-order chi connectivity index (χ0) is 14.5. The molecule has 7 heteroatoms. The lowest BCUT2D eigenvalue weighted by Gasteiger charge is -2.11. The first-order valence-electron chi connectivity index (χ1n) is 6.38. The first-order valence-corrected chi connectivity index (χ1v) is 6.38. The van der Waals surface area contributed by atoms with Gasteiger partial charge >= 0.3 is 0 Å². The number of nitrogen functional groups attached to an aromatic ring is 1. The maximum Gasteiger partial charge on any atom is 0.160 e. The maximum absolute atomic E-state index is 6.06. The molecule has 0 atom stereocenters. The molecule has 4 N–H and O–H groups in total. The van der Waals surface area contributed by atoms with Gasteiger partial charge in [-0.2, -0.15) is 0 Å². The summed E-state index contributed by atoms with van der Waals surface area (Å²) in [6, 6.07) is 9.25. The number of rotatable bonds is 5. The number of hydrogen-bond acceptors (Lipinski definition) is 7. The number of nitrogens with one attached hydrogen (secondary N) is 2. The Bertz CT molecular complexity index is 699. The first kappa shape index (κ1) is 12.9. The van der Waals surface area contributed by atoms with Crippen molar-refractivity contribution in [3.05, 3.63) is 54.9 Å². The third kappa shape index (κ3) is 3.08. The van der Waals surface area contributed by atoms with Crippen molar-refractivity contribution < 1.29 is 4.42 Å². The van der Waals surface area contributed by atoms with Crippen LogP contribution in [-0.4, -0.2) is 15.0 Å². The van der Waals surface area contributed by atoms with Gasteiger partial charge < -0.3 is 20.8 Å². The molecule has 7 nitrogen and oxygen atoms in total. The van der Waals surface area contributed by atoms with Crippen molar-refractivity contribution in [3.8, 4) is 0 Å². The van der Waals surface area contributed by atoms with Gasteiger partial charge in [0.15, 0.2) is 11.6 Å². The number of furan rings is 1. The molecule has 0 bridgehead atoms.